The number of hydrogen-bond donors (Lipinski definition) is 12. The molecule has 0 aliphatic carbocycles. The second kappa shape index (κ2) is 26.5. The van der Waals surface area contributed by atoms with Gasteiger partial charge in [-0.2, -0.15) is 11.8 Å². The Morgan fingerprint density at radius 3 is 1.51 bits per heavy atom. The molecule has 0 saturated heterocycles. The first-order valence-electron chi connectivity index (χ1n) is 20.2. The van der Waals surface area contributed by atoms with Crippen LogP contribution in [0.1, 0.15) is 61.8 Å². The summed E-state index contributed by atoms with van der Waals surface area (Å²) >= 11 is 1.40. The minimum atomic E-state index is -1.38. The number of carbonyl (C=O) groups excluding carboxylic acids is 5. The van der Waals surface area contributed by atoms with Gasteiger partial charge in [-0.05, 0) is 99.0 Å². The van der Waals surface area contributed by atoms with Crippen LogP contribution in [0.5, 0.6) is 11.5 Å². The Bertz CT molecular complexity index is 1830. The van der Waals surface area contributed by atoms with Crippen LogP contribution >= 0.6 is 11.8 Å². The van der Waals surface area contributed by atoms with Crippen LogP contribution in [0.2, 0.25) is 0 Å². The van der Waals surface area contributed by atoms with Gasteiger partial charge in [0.2, 0.25) is 29.5 Å². The number of carbonyl (C=O) groups is 6. The maximum atomic E-state index is 14.3. The Balaban J connectivity index is 1.95. The number of unbranched alkanes of at least 4 members (excludes halogenated alkanes) is 2. The lowest BCUT2D eigenvalue weighted by molar-refractivity contribution is -0.142. The van der Waals surface area contributed by atoms with Crippen LogP contribution in [0.15, 0.2) is 61.1 Å². The standard InChI is InChI=1S/C41H60N10O9S/c1-61-19-16-32(41(59)60)48-38(56)33(20-25-8-12-28(52)13-9-25)49-39(57)34(21-26-10-14-29(53)15-11-26)50-40(58)35(22-27-23-45-24-46-27)51-37(55)31(7-3-5-18-43)47-36(54)30(44)6-2-4-17-42/h8-15,23-24,30-35,52-53H,2-7,16-22,42-44H2,1H3,(H,45,46)(H,47,54)(H,48,56)(H,49,57)(H,50,58)(H,51,55)(H,59,60)/t30-,31-,32-,33-,34-,35-/m0/s1. The van der Waals surface area contributed by atoms with Crippen LogP contribution in [0.25, 0.3) is 0 Å². The quantitative estimate of drug-likeness (QED) is 0.0417. The minimum absolute atomic E-state index is 0.0311. The Kier molecular flexibility index (Phi) is 21.6. The van der Waals surface area contributed by atoms with Crippen molar-refractivity contribution in [3.63, 3.8) is 0 Å². The maximum Gasteiger partial charge on any atom is 0.326 e. The molecule has 0 bridgehead atoms. The van der Waals surface area contributed by atoms with Crippen molar-refractivity contribution in [2.45, 2.75) is 100 Å². The molecule has 5 amide bonds. The molecule has 1 aromatic heterocycles. The SMILES string of the molecule is CSCC[C@H](NC(=O)[C@H](Cc1ccc(O)cc1)NC(=O)[C@H](Cc1ccc(O)cc1)NC(=O)[C@H](Cc1cnc[nH]1)NC(=O)[C@H](CCCCN)NC(=O)[C@@H](N)CCCCN)C(=O)O. The van der Waals surface area contributed by atoms with Crippen molar-refractivity contribution in [2.75, 3.05) is 25.1 Å². The van der Waals surface area contributed by atoms with E-state index in [0.29, 0.717) is 67.8 Å². The van der Waals surface area contributed by atoms with Crippen molar-refractivity contribution in [3.05, 3.63) is 77.9 Å². The van der Waals surface area contributed by atoms with Crippen molar-refractivity contribution in [3.8, 4) is 11.5 Å². The Morgan fingerprint density at radius 2 is 1.07 bits per heavy atom. The van der Waals surface area contributed by atoms with Gasteiger partial charge in [0, 0.05) is 31.2 Å². The molecule has 19 nitrogen and oxygen atoms in total. The summed E-state index contributed by atoms with van der Waals surface area (Å²) in [6.45, 7) is 0.795. The van der Waals surface area contributed by atoms with Crippen molar-refractivity contribution >= 4 is 47.3 Å². The summed E-state index contributed by atoms with van der Waals surface area (Å²) in [5.74, 6) is -4.53. The van der Waals surface area contributed by atoms with E-state index in [2.05, 4.69) is 36.6 Å². The number of H-pyrrole nitrogens is 1. The van der Waals surface area contributed by atoms with Gasteiger partial charge >= 0.3 is 5.97 Å². The molecule has 0 fully saturated rings. The summed E-state index contributed by atoms with van der Waals surface area (Å²) in [5, 5.41) is 43.0. The summed E-state index contributed by atoms with van der Waals surface area (Å²) in [7, 11) is 0. The third-order valence-corrected chi connectivity index (χ3v) is 10.4. The predicted octanol–water partition coefficient (Wildman–Crippen LogP) is -0.304. The van der Waals surface area contributed by atoms with Gasteiger partial charge in [-0.25, -0.2) is 9.78 Å². The number of rotatable bonds is 28. The molecule has 0 saturated carbocycles. The van der Waals surface area contributed by atoms with E-state index in [4.69, 9.17) is 17.2 Å². The molecule has 20 heteroatoms. The van der Waals surface area contributed by atoms with Crippen LogP contribution in [-0.2, 0) is 48.0 Å². The number of aromatic hydroxyl groups is 2. The van der Waals surface area contributed by atoms with Crippen LogP contribution < -0.4 is 43.8 Å². The molecular formula is C41H60N10O9S. The first-order valence-corrected chi connectivity index (χ1v) is 21.6. The molecule has 0 spiro atoms. The molecular weight excluding hydrogens is 809 g/mol. The first kappa shape index (κ1) is 49.7. The van der Waals surface area contributed by atoms with E-state index in [0.717, 1.165) is 0 Å². The number of carboxylic acids is 1. The monoisotopic (exact) mass is 868 g/mol. The second-order valence-corrected chi connectivity index (χ2v) is 15.6. The van der Waals surface area contributed by atoms with Gasteiger partial charge in [-0.1, -0.05) is 30.7 Å². The number of nitrogens with one attached hydrogen (secondary N) is 6. The fourth-order valence-electron chi connectivity index (χ4n) is 6.24. The average molecular weight is 869 g/mol. The van der Waals surface area contributed by atoms with E-state index in [1.165, 1.54) is 48.6 Å². The van der Waals surface area contributed by atoms with Crippen LogP contribution in [0, 0.1) is 0 Å². The van der Waals surface area contributed by atoms with E-state index < -0.39 is 71.8 Å². The summed E-state index contributed by atoms with van der Waals surface area (Å²) in [6, 6.07) is 4.51. The summed E-state index contributed by atoms with van der Waals surface area (Å²) in [4.78, 5) is 88.3. The van der Waals surface area contributed by atoms with Crippen molar-refractivity contribution < 1.29 is 44.1 Å². The number of thioether (sulfide) groups is 1. The number of aliphatic carboxylic acids is 1. The van der Waals surface area contributed by atoms with E-state index in [1.807, 2.05) is 0 Å². The number of nitrogens with zero attached hydrogens (tertiary/aromatic N) is 1. The lowest BCUT2D eigenvalue weighted by Crippen LogP contribution is -2.60. The highest BCUT2D eigenvalue weighted by atomic mass is 32.2. The number of aromatic nitrogens is 2. The fraction of sp³-hybridized carbons (Fsp3) is 0.488. The molecule has 334 valence electrons. The van der Waals surface area contributed by atoms with Gasteiger partial charge < -0.3 is 64.1 Å². The lowest BCUT2D eigenvalue weighted by Gasteiger charge is -2.27. The number of aromatic amines is 1. The number of carboxylic acid groups (broad SMARTS) is 1. The van der Waals surface area contributed by atoms with Gasteiger partial charge in [0.15, 0.2) is 0 Å². The number of amides is 5. The number of imidazole rings is 1. The Morgan fingerprint density at radius 1 is 0.623 bits per heavy atom. The third-order valence-electron chi connectivity index (χ3n) is 9.74. The van der Waals surface area contributed by atoms with Gasteiger partial charge in [-0.15, -0.1) is 0 Å². The highest BCUT2D eigenvalue weighted by Crippen LogP contribution is 2.15. The van der Waals surface area contributed by atoms with E-state index in [-0.39, 0.29) is 43.6 Å². The summed E-state index contributed by atoms with van der Waals surface area (Å²) in [6.07, 6.45) is 7.29. The number of nitrogens with two attached hydrogens (primary N) is 3. The number of hydrogen-bond acceptors (Lipinski definition) is 13. The molecule has 15 N–H and O–H groups in total. The molecule has 2 aromatic carbocycles. The molecule has 0 aliphatic rings. The minimum Gasteiger partial charge on any atom is -0.508 e. The molecule has 1 heterocycles. The Labute approximate surface area is 359 Å². The molecule has 0 aliphatic heterocycles. The van der Waals surface area contributed by atoms with Crippen LogP contribution in [-0.4, -0.2) is 122 Å². The molecule has 6 atom stereocenters. The number of benzene rings is 2. The summed E-state index contributed by atoms with van der Waals surface area (Å²) in [5.41, 5.74) is 18.9. The van der Waals surface area contributed by atoms with Gasteiger partial charge in [0.1, 0.15) is 41.7 Å². The Hall–Kier alpha value is -5.70. The smallest absolute Gasteiger partial charge is 0.326 e. The van der Waals surface area contributed by atoms with Crippen molar-refractivity contribution in [2.24, 2.45) is 17.2 Å². The molecule has 3 rings (SSSR count). The van der Waals surface area contributed by atoms with Crippen molar-refractivity contribution in [1.29, 1.82) is 0 Å². The van der Waals surface area contributed by atoms with Crippen LogP contribution in [0.4, 0.5) is 0 Å². The first-order chi connectivity index (χ1) is 29.2. The second-order valence-electron chi connectivity index (χ2n) is 14.6. The zero-order valence-corrected chi connectivity index (χ0v) is 35.1. The van der Waals surface area contributed by atoms with Gasteiger partial charge in [0.05, 0.1) is 12.4 Å². The number of phenols is 2. The largest absolute Gasteiger partial charge is 0.508 e. The van der Waals surface area contributed by atoms with E-state index >= 15 is 0 Å². The van der Waals surface area contributed by atoms with Gasteiger partial charge in [-0.3, -0.25) is 24.0 Å². The van der Waals surface area contributed by atoms with Gasteiger partial charge in [0.25, 0.3) is 0 Å². The topological polar surface area (TPSA) is 330 Å². The van der Waals surface area contributed by atoms with E-state index in [1.54, 1.807) is 30.5 Å². The third kappa shape index (κ3) is 17.8. The molecule has 3 aromatic rings. The van der Waals surface area contributed by atoms with Crippen molar-refractivity contribution in [1.82, 2.24) is 36.6 Å². The molecule has 61 heavy (non-hydrogen) atoms. The summed E-state index contributed by atoms with van der Waals surface area (Å²) < 4.78 is 0. The predicted molar refractivity (Wildman–Crippen MR) is 230 cm³/mol. The highest BCUT2D eigenvalue weighted by Gasteiger charge is 2.33. The zero-order chi connectivity index (χ0) is 44.7. The molecule has 0 unspecified atom stereocenters. The zero-order valence-electron chi connectivity index (χ0n) is 34.3. The normalized spacial score (nSPS) is 14.0. The number of phenolic OH excluding ortho intramolecular Hbond substituents is 2. The maximum absolute atomic E-state index is 14.3. The lowest BCUT2D eigenvalue weighted by atomic mass is 10.0. The fourth-order valence-corrected chi connectivity index (χ4v) is 6.71. The van der Waals surface area contributed by atoms with Crippen LogP contribution in [0.3, 0.4) is 0 Å². The highest BCUT2D eigenvalue weighted by molar-refractivity contribution is 7.98. The van der Waals surface area contributed by atoms with E-state index in [9.17, 15) is 44.1 Å². The average Bonchev–Trinajstić information content (AvgIpc) is 3.75. The molecule has 0 radical (unpaired) electrons.